The Hall–Kier alpha value is -1.85. The smallest absolute Gasteiger partial charge is 0.0510 e. The third kappa shape index (κ3) is 2.46. The molecule has 67 valence electrons. The zero-order valence-electron chi connectivity index (χ0n) is 6.40. The Balaban J connectivity index is 0. The Morgan fingerprint density at radius 1 is 1.50 bits per heavy atom. The summed E-state index contributed by atoms with van der Waals surface area (Å²) in [5, 5.41) is 0. The summed E-state index contributed by atoms with van der Waals surface area (Å²) in [7, 11) is 0. The van der Waals surface area contributed by atoms with Crippen molar-refractivity contribution in [3.8, 4) is 0 Å². The Kier molecular flexibility index (Phi) is 4.48. The summed E-state index contributed by atoms with van der Waals surface area (Å²) in [5.41, 5.74) is 1.16. The first-order valence-electron chi connectivity index (χ1n) is 2.64. The molecule has 0 aliphatic carbocycles. The number of rotatable bonds is 0. The molecule has 0 saturated carbocycles. The van der Waals surface area contributed by atoms with E-state index < -0.39 is 0 Å². The molecule has 10 heavy (non-hydrogen) atoms. The molecule has 0 fully saturated rings. The molecule has 1 aliphatic rings. The van der Waals surface area contributed by atoms with Crippen LogP contribution in [0.3, 0.4) is 0 Å². The van der Waals surface area contributed by atoms with Crippen LogP contribution in [0, 0.1) is 13.5 Å². The maximum atomic E-state index is 5.06. The molecule has 2 heteroatoms. The average Bonchev–Trinajstić information content (AvgIpc) is 1.77. The Labute approximate surface area is 57.0 Å². The molecule has 0 saturated heterocycles. The van der Waals surface area contributed by atoms with Gasteiger partial charge in [-0.3, -0.25) is 0 Å². The third-order valence-electron chi connectivity index (χ3n) is 1.01. The molecule has 1 rings (SSSR count). The van der Waals surface area contributed by atoms with E-state index in [1.54, 1.807) is 6.26 Å². The number of ether oxygens (including phenoxy) is 1. The standard InChI is InChI=1S/C7H9O.CH3.Lr/c1-6-3-4-7(2)8-5-6;;/h3-5H,1-2H3;1H3;/q2*-1;. The van der Waals surface area contributed by atoms with Gasteiger partial charge in [0.15, 0.2) is 0 Å². The van der Waals surface area contributed by atoms with E-state index in [9.17, 15) is 0 Å². The summed E-state index contributed by atoms with van der Waals surface area (Å²) in [4.78, 5) is 0. The second-order valence-electron chi connectivity index (χ2n) is 1.92. The fraction of sp³-hybridized carbons (Fsp3) is 0.250. The van der Waals surface area contributed by atoms with E-state index in [1.807, 2.05) is 26.0 Å². The average molecular weight is 386 g/mol. The van der Waals surface area contributed by atoms with Crippen molar-refractivity contribution in [1.82, 2.24) is 0 Å². The van der Waals surface area contributed by atoms with Crippen molar-refractivity contribution in [3.63, 3.8) is 0 Å². The predicted molar refractivity (Wildman–Crippen MR) is 39.3 cm³/mol. The third-order valence-corrected chi connectivity index (χ3v) is 1.01. The van der Waals surface area contributed by atoms with Crippen LogP contribution in [0.4, 0.5) is 0 Å². The van der Waals surface area contributed by atoms with Gasteiger partial charge < -0.3 is 12.2 Å². The van der Waals surface area contributed by atoms with Crippen molar-refractivity contribution in [1.29, 1.82) is 0 Å². The van der Waals surface area contributed by atoms with Gasteiger partial charge >= 0.3 is 0 Å². The van der Waals surface area contributed by atoms with Gasteiger partial charge in [0, 0.05) is 0 Å². The van der Waals surface area contributed by atoms with Gasteiger partial charge in [-0.25, -0.2) is 6.08 Å². The molecule has 1 nitrogen and oxygen atoms in total. The molecule has 0 bridgehead atoms. The van der Waals surface area contributed by atoms with Crippen LogP contribution in [0.5, 0.6) is 0 Å². The first-order valence-corrected chi connectivity index (χ1v) is 2.64. The fourth-order valence-corrected chi connectivity index (χ4v) is 0.513. The molecule has 0 N–H and O–H groups in total. The van der Waals surface area contributed by atoms with Gasteiger partial charge in [-0.15, -0.1) is 0 Å². The van der Waals surface area contributed by atoms with Gasteiger partial charge in [0.05, 0.1) is 6.26 Å². The summed E-state index contributed by atoms with van der Waals surface area (Å²) >= 11 is 0. The van der Waals surface area contributed by atoms with Crippen LogP contribution in [0.25, 0.3) is 0 Å². The van der Waals surface area contributed by atoms with Crippen LogP contribution in [-0.4, -0.2) is 0 Å². The minimum atomic E-state index is 0. The van der Waals surface area contributed by atoms with E-state index >= 15 is 0 Å². The first-order chi connectivity index (χ1) is 3.79. The summed E-state index contributed by atoms with van der Waals surface area (Å²) < 4.78 is 5.06. The zero-order valence-corrected chi connectivity index (χ0v) is 8.55. The predicted octanol–water partition coefficient (Wildman–Crippen LogP) is 2.48. The van der Waals surface area contributed by atoms with E-state index in [0.717, 1.165) is 11.7 Å². The number of hydrogen-bond acceptors (Lipinski definition) is 1. The van der Waals surface area contributed by atoms with E-state index in [0.29, 0.717) is 0 Å². The van der Waals surface area contributed by atoms with Crippen LogP contribution in [0.1, 0.15) is 13.8 Å². The Bertz CT molecular complexity index is 138. The van der Waals surface area contributed by atoms with Gasteiger partial charge in [0.1, 0.15) is 0 Å². The molecule has 0 atom stereocenters. The molecule has 1 aliphatic heterocycles. The zero-order chi connectivity index (χ0) is 5.98. The first kappa shape index (κ1) is 11.0. The molecular weight excluding hydrogens is 374 g/mol. The largest absolute Gasteiger partial charge is 0.557 e. The van der Waals surface area contributed by atoms with Crippen molar-refractivity contribution < 1.29 is 4.74 Å². The molecule has 0 aromatic carbocycles. The van der Waals surface area contributed by atoms with Crippen molar-refractivity contribution in [3.05, 3.63) is 37.5 Å². The SMILES string of the molecule is CC1=CO[C-](C)C=C1.[CH3-].[Lr]. The second kappa shape index (κ2) is 4.07. The normalized spacial score (nSPS) is 14.2. The molecule has 0 amide bonds. The maximum absolute atomic E-state index is 5.06. The van der Waals surface area contributed by atoms with E-state index in [2.05, 4.69) is 0 Å². The monoisotopic (exact) mass is 386 g/mol. The van der Waals surface area contributed by atoms with Crippen molar-refractivity contribution in [2.24, 2.45) is 0 Å². The van der Waals surface area contributed by atoms with Crippen LogP contribution >= 0.6 is 0 Å². The molecule has 0 unspecified atom stereocenters. The summed E-state index contributed by atoms with van der Waals surface area (Å²) in [6.45, 7) is 3.93. The summed E-state index contributed by atoms with van der Waals surface area (Å²) in [5.74, 6) is 0. The van der Waals surface area contributed by atoms with Gasteiger partial charge in [-0.05, 0) is 0 Å². The topological polar surface area (TPSA) is 9.23 Å². The van der Waals surface area contributed by atoms with Crippen LogP contribution < -0.4 is 0 Å². The van der Waals surface area contributed by atoms with Crippen LogP contribution in [-0.2, 0) is 4.74 Å². The van der Waals surface area contributed by atoms with E-state index in [-0.39, 0.29) is 7.43 Å². The molecule has 0 aromatic heterocycles. The molecule has 0 spiro atoms. The van der Waals surface area contributed by atoms with Gasteiger partial charge in [0.2, 0.25) is 0 Å². The summed E-state index contributed by atoms with van der Waals surface area (Å²) in [6, 6.07) is 0. The van der Waals surface area contributed by atoms with Crippen molar-refractivity contribution in [2.75, 3.05) is 0 Å². The minimum absolute atomic E-state index is 0. The maximum Gasteiger partial charge on any atom is 0.0510 e. The Morgan fingerprint density at radius 2 is 2.10 bits per heavy atom. The van der Waals surface area contributed by atoms with Gasteiger partial charge in [0.25, 0.3) is 0 Å². The van der Waals surface area contributed by atoms with Crippen molar-refractivity contribution >= 4 is 0 Å². The van der Waals surface area contributed by atoms with Crippen LogP contribution in [0.2, 0.25) is 0 Å². The Morgan fingerprint density at radius 3 is 2.40 bits per heavy atom. The molecule has 1 radical (unpaired) electrons. The molecule has 0 aromatic rings. The summed E-state index contributed by atoms with van der Waals surface area (Å²) in [6.07, 6.45) is 6.68. The second-order valence-corrected chi connectivity index (χ2v) is 1.92. The quantitative estimate of drug-likeness (QED) is 0.582. The van der Waals surface area contributed by atoms with Crippen molar-refractivity contribution in [2.45, 2.75) is 13.8 Å². The number of allylic oxidation sites excluding steroid dienone is 2. The van der Waals surface area contributed by atoms with E-state index in [1.165, 1.54) is 0 Å². The molecular formula is C8H12LrO-2. The fourth-order valence-electron chi connectivity index (χ4n) is 0.513. The molecule has 1 heterocycles. The number of hydrogen-bond donors (Lipinski definition) is 0. The van der Waals surface area contributed by atoms with E-state index in [4.69, 9.17) is 4.74 Å². The van der Waals surface area contributed by atoms with Crippen LogP contribution in [0.15, 0.2) is 24.0 Å². The van der Waals surface area contributed by atoms with Gasteiger partial charge in [-0.2, -0.15) is 6.08 Å². The minimum Gasteiger partial charge on any atom is -0.557 e. The van der Waals surface area contributed by atoms with Gasteiger partial charge in [-0.1, -0.05) is 25.5 Å².